The Bertz CT molecular complexity index is 689. The highest BCUT2D eigenvalue weighted by atomic mass is 16.5. The quantitative estimate of drug-likeness (QED) is 0.721. The standard InChI is InChI=1S/C14H18N4O2/c1-14(4-6-20-7-5-14)18-13-16-11-3-2-9(15)8-10(11)12(19)17-13/h2-3,8H,4-7,15H2,1H3,(H2,16,17,18,19). The monoisotopic (exact) mass is 274 g/mol. The van der Waals surface area contributed by atoms with Gasteiger partial charge >= 0.3 is 0 Å². The minimum Gasteiger partial charge on any atom is -0.399 e. The Hall–Kier alpha value is -2.08. The van der Waals surface area contributed by atoms with E-state index in [0.29, 0.717) is 22.5 Å². The molecule has 6 nitrogen and oxygen atoms in total. The van der Waals surface area contributed by atoms with E-state index in [1.807, 2.05) is 0 Å². The topological polar surface area (TPSA) is 93.0 Å². The predicted molar refractivity (Wildman–Crippen MR) is 78.9 cm³/mol. The van der Waals surface area contributed by atoms with E-state index in [2.05, 4.69) is 22.2 Å². The highest BCUT2D eigenvalue weighted by Crippen LogP contribution is 2.24. The zero-order valence-corrected chi connectivity index (χ0v) is 11.4. The van der Waals surface area contributed by atoms with Crippen molar-refractivity contribution in [1.29, 1.82) is 0 Å². The van der Waals surface area contributed by atoms with Crippen LogP contribution in [0.3, 0.4) is 0 Å². The molecule has 20 heavy (non-hydrogen) atoms. The number of hydrogen-bond donors (Lipinski definition) is 3. The Kier molecular flexibility index (Phi) is 3.10. The molecule has 4 N–H and O–H groups in total. The summed E-state index contributed by atoms with van der Waals surface area (Å²) in [6, 6.07) is 5.15. The van der Waals surface area contributed by atoms with Crippen LogP contribution in [0, 0.1) is 0 Å². The van der Waals surface area contributed by atoms with Gasteiger partial charge in [-0.05, 0) is 38.0 Å². The summed E-state index contributed by atoms with van der Waals surface area (Å²) in [5.41, 5.74) is 6.61. The van der Waals surface area contributed by atoms with Crippen LogP contribution in [0.4, 0.5) is 11.6 Å². The molecule has 1 aromatic heterocycles. The highest BCUT2D eigenvalue weighted by molar-refractivity contribution is 5.81. The van der Waals surface area contributed by atoms with Gasteiger partial charge in [0, 0.05) is 24.4 Å². The van der Waals surface area contributed by atoms with Crippen molar-refractivity contribution >= 4 is 22.5 Å². The van der Waals surface area contributed by atoms with Crippen LogP contribution in [0.15, 0.2) is 23.0 Å². The number of nitrogens with two attached hydrogens (primary N) is 1. The van der Waals surface area contributed by atoms with E-state index in [4.69, 9.17) is 10.5 Å². The molecule has 1 aromatic carbocycles. The molecule has 0 unspecified atom stereocenters. The maximum atomic E-state index is 12.1. The van der Waals surface area contributed by atoms with Crippen molar-refractivity contribution in [2.75, 3.05) is 24.3 Å². The van der Waals surface area contributed by atoms with Crippen LogP contribution in [0.25, 0.3) is 10.9 Å². The van der Waals surface area contributed by atoms with E-state index in [-0.39, 0.29) is 11.1 Å². The van der Waals surface area contributed by atoms with Crippen LogP contribution in [0.1, 0.15) is 19.8 Å². The minimum absolute atomic E-state index is 0.102. The average molecular weight is 274 g/mol. The van der Waals surface area contributed by atoms with Crippen LogP contribution in [0.2, 0.25) is 0 Å². The molecule has 1 fully saturated rings. The number of fused-ring (bicyclic) bond motifs is 1. The summed E-state index contributed by atoms with van der Waals surface area (Å²) in [6.45, 7) is 3.55. The molecule has 2 aromatic rings. The molecule has 0 bridgehead atoms. The third kappa shape index (κ3) is 2.46. The van der Waals surface area contributed by atoms with Crippen LogP contribution in [0.5, 0.6) is 0 Å². The summed E-state index contributed by atoms with van der Waals surface area (Å²) < 4.78 is 5.36. The second kappa shape index (κ2) is 4.79. The van der Waals surface area contributed by atoms with Crippen molar-refractivity contribution in [3.05, 3.63) is 28.6 Å². The Labute approximate surface area is 116 Å². The molecular formula is C14H18N4O2. The molecule has 0 atom stereocenters. The zero-order chi connectivity index (χ0) is 14.2. The number of rotatable bonds is 2. The summed E-state index contributed by atoms with van der Waals surface area (Å²) in [4.78, 5) is 19.3. The molecule has 1 saturated heterocycles. The lowest BCUT2D eigenvalue weighted by atomic mass is 9.93. The number of benzene rings is 1. The fourth-order valence-electron chi connectivity index (χ4n) is 2.45. The number of nitrogens with one attached hydrogen (secondary N) is 2. The first kappa shape index (κ1) is 12.9. The van der Waals surface area contributed by atoms with Gasteiger partial charge in [-0.15, -0.1) is 0 Å². The summed E-state index contributed by atoms with van der Waals surface area (Å²) in [6.07, 6.45) is 1.77. The molecule has 1 aliphatic rings. The van der Waals surface area contributed by atoms with Gasteiger partial charge < -0.3 is 15.8 Å². The lowest BCUT2D eigenvalue weighted by Crippen LogP contribution is -2.41. The van der Waals surface area contributed by atoms with Crippen LogP contribution in [-0.2, 0) is 4.74 Å². The number of ether oxygens (including phenoxy) is 1. The van der Waals surface area contributed by atoms with Gasteiger partial charge in [-0.2, -0.15) is 0 Å². The molecule has 3 rings (SSSR count). The average Bonchev–Trinajstić information content (AvgIpc) is 2.40. The van der Waals surface area contributed by atoms with Gasteiger partial charge in [0.05, 0.1) is 10.9 Å². The Morgan fingerprint density at radius 3 is 2.90 bits per heavy atom. The Balaban J connectivity index is 1.96. The van der Waals surface area contributed by atoms with Crippen molar-refractivity contribution < 1.29 is 4.74 Å². The van der Waals surface area contributed by atoms with Gasteiger partial charge in [-0.1, -0.05) is 0 Å². The number of hydrogen-bond acceptors (Lipinski definition) is 5. The van der Waals surface area contributed by atoms with E-state index in [1.165, 1.54) is 0 Å². The number of anilines is 2. The smallest absolute Gasteiger partial charge is 0.260 e. The van der Waals surface area contributed by atoms with Gasteiger partial charge in [0.2, 0.25) is 5.95 Å². The van der Waals surface area contributed by atoms with E-state index < -0.39 is 0 Å². The lowest BCUT2D eigenvalue weighted by Gasteiger charge is -2.34. The molecule has 0 radical (unpaired) electrons. The van der Waals surface area contributed by atoms with Crippen molar-refractivity contribution in [1.82, 2.24) is 9.97 Å². The molecule has 0 amide bonds. The second-order valence-corrected chi connectivity index (χ2v) is 5.49. The third-order valence-corrected chi connectivity index (χ3v) is 3.75. The van der Waals surface area contributed by atoms with Crippen molar-refractivity contribution in [3.63, 3.8) is 0 Å². The normalized spacial score (nSPS) is 18.1. The van der Waals surface area contributed by atoms with Gasteiger partial charge in [-0.25, -0.2) is 4.98 Å². The lowest BCUT2D eigenvalue weighted by molar-refractivity contribution is 0.0656. The largest absolute Gasteiger partial charge is 0.399 e. The number of aromatic nitrogens is 2. The van der Waals surface area contributed by atoms with Gasteiger partial charge in [0.1, 0.15) is 0 Å². The molecule has 1 aliphatic heterocycles. The molecular weight excluding hydrogens is 256 g/mol. The first-order chi connectivity index (χ1) is 9.56. The van der Waals surface area contributed by atoms with Crippen LogP contribution < -0.4 is 16.6 Å². The fraction of sp³-hybridized carbons (Fsp3) is 0.429. The number of nitrogens with zero attached hydrogens (tertiary/aromatic N) is 1. The second-order valence-electron chi connectivity index (χ2n) is 5.49. The fourth-order valence-corrected chi connectivity index (χ4v) is 2.45. The van der Waals surface area contributed by atoms with Crippen LogP contribution in [-0.4, -0.2) is 28.7 Å². The molecule has 0 aliphatic carbocycles. The molecule has 0 saturated carbocycles. The van der Waals surface area contributed by atoms with Crippen molar-refractivity contribution in [2.45, 2.75) is 25.3 Å². The van der Waals surface area contributed by atoms with Gasteiger partial charge in [0.25, 0.3) is 5.56 Å². The third-order valence-electron chi connectivity index (χ3n) is 3.75. The Morgan fingerprint density at radius 2 is 2.15 bits per heavy atom. The van der Waals surface area contributed by atoms with Crippen LogP contribution >= 0.6 is 0 Å². The molecule has 2 heterocycles. The minimum atomic E-state index is -0.180. The van der Waals surface area contributed by atoms with Crippen molar-refractivity contribution in [2.24, 2.45) is 0 Å². The summed E-state index contributed by atoms with van der Waals surface area (Å²) in [7, 11) is 0. The SMILES string of the molecule is CC1(Nc2nc3ccc(N)cc3c(=O)[nH]2)CCOCC1. The van der Waals surface area contributed by atoms with E-state index in [0.717, 1.165) is 26.1 Å². The molecule has 0 spiro atoms. The number of aromatic amines is 1. The van der Waals surface area contributed by atoms with E-state index in [1.54, 1.807) is 18.2 Å². The van der Waals surface area contributed by atoms with Gasteiger partial charge in [0.15, 0.2) is 0 Å². The summed E-state index contributed by atoms with van der Waals surface area (Å²) in [5.74, 6) is 0.497. The Morgan fingerprint density at radius 1 is 1.40 bits per heavy atom. The predicted octanol–water partition coefficient (Wildman–Crippen LogP) is 1.49. The van der Waals surface area contributed by atoms with Gasteiger partial charge in [-0.3, -0.25) is 9.78 Å². The maximum absolute atomic E-state index is 12.1. The first-order valence-electron chi connectivity index (χ1n) is 6.71. The highest BCUT2D eigenvalue weighted by Gasteiger charge is 2.27. The van der Waals surface area contributed by atoms with Crippen molar-refractivity contribution in [3.8, 4) is 0 Å². The summed E-state index contributed by atoms with van der Waals surface area (Å²) in [5, 5.41) is 3.83. The molecule has 6 heteroatoms. The van der Waals surface area contributed by atoms with E-state index >= 15 is 0 Å². The van der Waals surface area contributed by atoms with E-state index in [9.17, 15) is 4.79 Å². The summed E-state index contributed by atoms with van der Waals surface area (Å²) >= 11 is 0. The number of nitrogen functional groups attached to an aromatic ring is 1. The number of H-pyrrole nitrogens is 1. The molecule has 106 valence electrons. The first-order valence-corrected chi connectivity index (χ1v) is 6.71. The maximum Gasteiger partial charge on any atom is 0.260 e. The zero-order valence-electron chi connectivity index (χ0n) is 11.4.